The Morgan fingerprint density at radius 1 is 0.771 bits per heavy atom. The molecule has 7 nitrogen and oxygen atoms in total. The Balaban J connectivity index is 1.62. The van der Waals surface area contributed by atoms with Crippen LogP contribution in [0.1, 0.15) is 21.7 Å². The molecule has 0 fully saturated rings. The second-order valence-corrected chi connectivity index (χ2v) is 8.31. The Morgan fingerprint density at radius 2 is 1.31 bits per heavy atom. The number of anilines is 1. The molecule has 0 aliphatic carbocycles. The molecule has 5 rings (SSSR count). The van der Waals surface area contributed by atoms with Crippen molar-refractivity contribution >= 4 is 11.6 Å². The van der Waals surface area contributed by atoms with Crippen LogP contribution in [-0.2, 0) is 7.05 Å². The minimum Gasteiger partial charge on any atom is -0.316 e. The maximum absolute atomic E-state index is 13.7. The Morgan fingerprint density at radius 3 is 1.91 bits per heavy atom. The maximum Gasteiger partial charge on any atom is 0.295 e. The molecule has 1 amide bonds. The standard InChI is InChI=1S/C28H25N5O2/c1-19-24(26(21-13-7-4-8-14-21)30-32(19)22-15-9-5-10-16-22)27(34)29-25-20(2)31(3)33(28(25)35)23-17-11-6-12-18-23/h4-18H,1-3H3,(H,29,34). The van der Waals surface area contributed by atoms with E-state index in [1.54, 1.807) is 21.1 Å². The Bertz CT molecular complexity index is 1560. The third-order valence-corrected chi connectivity index (χ3v) is 6.18. The highest BCUT2D eigenvalue weighted by atomic mass is 16.2. The molecule has 2 aromatic heterocycles. The number of nitrogens with one attached hydrogen (secondary N) is 1. The van der Waals surface area contributed by atoms with Crippen molar-refractivity contribution in [1.29, 1.82) is 0 Å². The summed E-state index contributed by atoms with van der Waals surface area (Å²) in [7, 11) is 1.80. The zero-order chi connectivity index (χ0) is 24.5. The average Bonchev–Trinajstić information content (AvgIpc) is 3.34. The van der Waals surface area contributed by atoms with Crippen LogP contribution in [0.25, 0.3) is 22.6 Å². The number of benzene rings is 3. The minimum absolute atomic E-state index is 0.243. The summed E-state index contributed by atoms with van der Waals surface area (Å²) < 4.78 is 5.05. The molecule has 0 radical (unpaired) electrons. The van der Waals surface area contributed by atoms with Crippen molar-refractivity contribution in [3.63, 3.8) is 0 Å². The number of carbonyl (C=O) groups excluding carboxylic acids is 1. The van der Waals surface area contributed by atoms with Crippen molar-refractivity contribution in [2.75, 3.05) is 5.32 Å². The highest BCUT2D eigenvalue weighted by molar-refractivity contribution is 6.09. The molecule has 0 saturated carbocycles. The van der Waals surface area contributed by atoms with Gasteiger partial charge in [-0.05, 0) is 38.1 Å². The first-order chi connectivity index (χ1) is 17.0. The molecule has 7 heteroatoms. The van der Waals surface area contributed by atoms with E-state index in [-0.39, 0.29) is 17.2 Å². The summed E-state index contributed by atoms with van der Waals surface area (Å²) in [5, 5.41) is 7.69. The summed E-state index contributed by atoms with van der Waals surface area (Å²) in [6, 6.07) is 28.6. The van der Waals surface area contributed by atoms with E-state index in [4.69, 9.17) is 5.10 Å². The zero-order valence-corrected chi connectivity index (χ0v) is 19.8. The van der Waals surface area contributed by atoms with E-state index in [9.17, 15) is 9.59 Å². The summed E-state index contributed by atoms with van der Waals surface area (Å²) in [6.45, 7) is 3.68. The second-order valence-electron chi connectivity index (χ2n) is 8.31. The lowest BCUT2D eigenvalue weighted by Gasteiger charge is -2.07. The lowest BCUT2D eigenvalue weighted by molar-refractivity contribution is 0.102. The molecule has 0 spiro atoms. The highest BCUT2D eigenvalue weighted by Gasteiger charge is 2.26. The molecule has 0 atom stereocenters. The molecule has 1 N–H and O–H groups in total. The summed E-state index contributed by atoms with van der Waals surface area (Å²) in [6.07, 6.45) is 0. The number of amides is 1. The fraction of sp³-hybridized carbons (Fsp3) is 0.107. The first-order valence-corrected chi connectivity index (χ1v) is 11.3. The molecule has 0 aliphatic rings. The molecule has 2 heterocycles. The van der Waals surface area contributed by atoms with Crippen LogP contribution in [0.15, 0.2) is 95.8 Å². The first-order valence-electron chi connectivity index (χ1n) is 11.3. The highest BCUT2D eigenvalue weighted by Crippen LogP contribution is 2.28. The number of hydrogen-bond acceptors (Lipinski definition) is 3. The van der Waals surface area contributed by atoms with Gasteiger partial charge >= 0.3 is 0 Å². The number of para-hydroxylation sites is 2. The third kappa shape index (κ3) is 3.87. The molecule has 0 aliphatic heterocycles. The van der Waals surface area contributed by atoms with Crippen molar-refractivity contribution in [3.8, 4) is 22.6 Å². The van der Waals surface area contributed by atoms with Crippen molar-refractivity contribution in [1.82, 2.24) is 19.1 Å². The summed E-state index contributed by atoms with van der Waals surface area (Å²) in [5.74, 6) is -0.380. The summed E-state index contributed by atoms with van der Waals surface area (Å²) in [5.41, 5.74) is 4.67. The van der Waals surface area contributed by atoms with Gasteiger partial charge in [-0.25, -0.2) is 9.36 Å². The topological polar surface area (TPSA) is 73.8 Å². The minimum atomic E-state index is -0.380. The van der Waals surface area contributed by atoms with E-state index in [1.165, 1.54) is 0 Å². The fourth-order valence-electron chi connectivity index (χ4n) is 4.28. The van der Waals surface area contributed by atoms with Crippen LogP contribution >= 0.6 is 0 Å². The maximum atomic E-state index is 13.7. The Labute approximate surface area is 202 Å². The van der Waals surface area contributed by atoms with Crippen LogP contribution in [0.4, 0.5) is 5.69 Å². The average molecular weight is 464 g/mol. The van der Waals surface area contributed by atoms with Gasteiger partial charge in [0.2, 0.25) is 0 Å². The van der Waals surface area contributed by atoms with E-state index in [2.05, 4.69) is 5.32 Å². The molecule has 0 saturated heterocycles. The van der Waals surface area contributed by atoms with Crippen molar-refractivity contribution < 1.29 is 4.79 Å². The van der Waals surface area contributed by atoms with Crippen molar-refractivity contribution in [3.05, 3.63) is 118 Å². The lowest BCUT2D eigenvalue weighted by Crippen LogP contribution is -2.23. The number of hydrogen-bond donors (Lipinski definition) is 1. The lowest BCUT2D eigenvalue weighted by atomic mass is 10.1. The van der Waals surface area contributed by atoms with Crippen molar-refractivity contribution in [2.24, 2.45) is 7.05 Å². The van der Waals surface area contributed by atoms with Gasteiger partial charge in [0.05, 0.1) is 28.3 Å². The predicted molar refractivity (Wildman–Crippen MR) is 137 cm³/mol. The first kappa shape index (κ1) is 22.2. The number of rotatable bonds is 5. The van der Waals surface area contributed by atoms with Crippen LogP contribution in [0.5, 0.6) is 0 Å². The van der Waals surface area contributed by atoms with Gasteiger partial charge in [0.25, 0.3) is 11.5 Å². The van der Waals surface area contributed by atoms with Gasteiger partial charge in [-0.1, -0.05) is 66.7 Å². The van der Waals surface area contributed by atoms with Crippen LogP contribution in [0.3, 0.4) is 0 Å². The molecule has 5 aromatic rings. The van der Waals surface area contributed by atoms with Crippen LogP contribution in [-0.4, -0.2) is 25.1 Å². The van der Waals surface area contributed by atoms with Crippen LogP contribution in [0.2, 0.25) is 0 Å². The van der Waals surface area contributed by atoms with Gasteiger partial charge in [0, 0.05) is 12.6 Å². The SMILES string of the molecule is Cc1c(C(=O)Nc2c(C)n(C)n(-c3ccccc3)c2=O)c(-c2ccccc2)nn1-c1ccccc1. The van der Waals surface area contributed by atoms with Gasteiger partial charge in [0.1, 0.15) is 11.4 Å². The van der Waals surface area contributed by atoms with E-state index in [1.807, 2.05) is 105 Å². The van der Waals surface area contributed by atoms with Gasteiger partial charge in [0.15, 0.2) is 0 Å². The molecule has 174 valence electrons. The number of nitrogens with zero attached hydrogens (tertiary/aromatic N) is 4. The monoisotopic (exact) mass is 463 g/mol. The van der Waals surface area contributed by atoms with Gasteiger partial charge in [-0.3, -0.25) is 14.3 Å². The van der Waals surface area contributed by atoms with Gasteiger partial charge < -0.3 is 5.32 Å². The van der Waals surface area contributed by atoms with Crippen molar-refractivity contribution in [2.45, 2.75) is 13.8 Å². The second kappa shape index (κ2) is 8.95. The third-order valence-electron chi connectivity index (χ3n) is 6.18. The number of carbonyl (C=O) groups is 1. The number of aromatic nitrogens is 4. The normalized spacial score (nSPS) is 10.9. The van der Waals surface area contributed by atoms with Crippen LogP contribution in [0, 0.1) is 13.8 Å². The van der Waals surface area contributed by atoms with Gasteiger partial charge in [-0.2, -0.15) is 5.10 Å². The largest absolute Gasteiger partial charge is 0.316 e. The fourth-order valence-corrected chi connectivity index (χ4v) is 4.28. The molecule has 0 bridgehead atoms. The Kier molecular flexibility index (Phi) is 5.66. The molecule has 35 heavy (non-hydrogen) atoms. The summed E-state index contributed by atoms with van der Waals surface area (Å²) >= 11 is 0. The summed E-state index contributed by atoms with van der Waals surface area (Å²) in [4.78, 5) is 27.1. The Hall–Kier alpha value is -4.65. The molecular weight excluding hydrogens is 438 g/mol. The predicted octanol–water partition coefficient (Wildman–Crippen LogP) is 4.90. The van der Waals surface area contributed by atoms with E-state index >= 15 is 0 Å². The smallest absolute Gasteiger partial charge is 0.295 e. The molecular formula is C28H25N5O2. The quantitative estimate of drug-likeness (QED) is 0.403. The van der Waals surface area contributed by atoms with E-state index < -0.39 is 0 Å². The van der Waals surface area contributed by atoms with Gasteiger partial charge in [-0.15, -0.1) is 0 Å². The zero-order valence-electron chi connectivity index (χ0n) is 19.8. The molecule has 0 unspecified atom stereocenters. The van der Waals surface area contributed by atoms with E-state index in [0.717, 1.165) is 16.9 Å². The molecule has 3 aromatic carbocycles. The van der Waals surface area contributed by atoms with Crippen LogP contribution < -0.4 is 10.9 Å². The van der Waals surface area contributed by atoms with E-state index in [0.29, 0.717) is 22.6 Å².